The Morgan fingerprint density at radius 1 is 1.00 bits per heavy atom. The number of hydrogen-bond acceptors (Lipinski definition) is 6. The van der Waals surface area contributed by atoms with Gasteiger partial charge in [0.1, 0.15) is 5.75 Å². The number of anilines is 1. The van der Waals surface area contributed by atoms with Crippen LogP contribution in [0.3, 0.4) is 0 Å². The first-order valence-electron chi connectivity index (χ1n) is 9.35. The molecule has 7 heteroatoms. The van der Waals surface area contributed by atoms with Gasteiger partial charge in [0.25, 0.3) is 0 Å². The number of aryl methyl sites for hydroxylation is 1. The predicted molar refractivity (Wildman–Crippen MR) is 112 cm³/mol. The van der Waals surface area contributed by atoms with Crippen molar-refractivity contribution in [3.8, 4) is 11.4 Å². The van der Waals surface area contributed by atoms with Gasteiger partial charge in [0, 0.05) is 18.8 Å². The molecule has 1 aliphatic rings. The van der Waals surface area contributed by atoms with Crippen LogP contribution in [0.25, 0.3) is 5.69 Å². The zero-order valence-corrected chi connectivity index (χ0v) is 17.0. The summed E-state index contributed by atoms with van der Waals surface area (Å²) in [7, 11) is 1.68. The van der Waals surface area contributed by atoms with E-state index in [4.69, 9.17) is 9.47 Å². The maximum Gasteiger partial charge on any atom is 0.232 e. The number of rotatable bonds is 6. The predicted octanol–water partition coefficient (Wildman–Crippen LogP) is 3.71. The van der Waals surface area contributed by atoms with Crippen LogP contribution in [0.5, 0.6) is 5.75 Å². The van der Waals surface area contributed by atoms with Crippen molar-refractivity contribution in [2.24, 2.45) is 0 Å². The monoisotopic (exact) mass is 396 g/mol. The lowest BCUT2D eigenvalue weighted by Crippen LogP contribution is -2.37. The van der Waals surface area contributed by atoms with Crippen LogP contribution >= 0.6 is 11.8 Å². The van der Waals surface area contributed by atoms with Crippen molar-refractivity contribution in [1.29, 1.82) is 0 Å². The number of nitrogens with zero attached hydrogens (tertiary/aromatic N) is 4. The second-order valence-electron chi connectivity index (χ2n) is 6.69. The molecule has 1 aliphatic heterocycles. The summed E-state index contributed by atoms with van der Waals surface area (Å²) >= 11 is 1.69. The molecule has 0 bridgehead atoms. The lowest BCUT2D eigenvalue weighted by Gasteiger charge is -2.28. The Labute approximate surface area is 169 Å². The summed E-state index contributed by atoms with van der Waals surface area (Å²) < 4.78 is 12.9. The molecular weight excluding hydrogens is 372 g/mol. The zero-order valence-electron chi connectivity index (χ0n) is 16.2. The molecule has 6 nitrogen and oxygen atoms in total. The van der Waals surface area contributed by atoms with Gasteiger partial charge in [-0.15, -0.1) is 10.2 Å². The highest BCUT2D eigenvalue weighted by molar-refractivity contribution is 7.98. The van der Waals surface area contributed by atoms with Crippen molar-refractivity contribution < 1.29 is 9.47 Å². The molecule has 0 saturated carbocycles. The zero-order chi connectivity index (χ0) is 19.3. The summed E-state index contributed by atoms with van der Waals surface area (Å²) in [4.78, 5) is 2.24. The molecule has 0 amide bonds. The Morgan fingerprint density at radius 3 is 2.39 bits per heavy atom. The van der Waals surface area contributed by atoms with Crippen LogP contribution < -0.4 is 9.64 Å². The van der Waals surface area contributed by atoms with Crippen molar-refractivity contribution in [2.45, 2.75) is 17.8 Å². The van der Waals surface area contributed by atoms with Crippen LogP contribution in [0.2, 0.25) is 0 Å². The standard InChI is InChI=1S/C21H24N4O2S/c1-16-3-7-18(8-4-16)25-20(24-11-13-27-14-12-24)22-23-21(25)28-15-17-5-9-19(26-2)10-6-17/h3-10H,11-15H2,1-2H3. The first kappa shape index (κ1) is 18.8. The normalized spacial score (nSPS) is 14.3. The van der Waals surface area contributed by atoms with E-state index in [0.29, 0.717) is 0 Å². The minimum absolute atomic E-state index is 0.717. The summed E-state index contributed by atoms with van der Waals surface area (Å²) in [6.07, 6.45) is 0. The highest BCUT2D eigenvalue weighted by atomic mass is 32.2. The highest BCUT2D eigenvalue weighted by Gasteiger charge is 2.21. The summed E-state index contributed by atoms with van der Waals surface area (Å²) in [6.45, 7) is 5.18. The number of morpholine rings is 1. The molecule has 2 heterocycles. The van der Waals surface area contributed by atoms with E-state index in [1.54, 1.807) is 18.9 Å². The van der Waals surface area contributed by atoms with Gasteiger partial charge < -0.3 is 14.4 Å². The second kappa shape index (κ2) is 8.67. The van der Waals surface area contributed by atoms with Crippen molar-refractivity contribution >= 4 is 17.7 Å². The van der Waals surface area contributed by atoms with E-state index in [2.05, 4.69) is 63.0 Å². The molecule has 0 spiro atoms. The van der Waals surface area contributed by atoms with Crippen LogP contribution in [0.15, 0.2) is 53.7 Å². The molecule has 4 rings (SSSR count). The molecule has 0 unspecified atom stereocenters. The van der Waals surface area contributed by atoms with Gasteiger partial charge in [-0.1, -0.05) is 41.6 Å². The Hall–Kier alpha value is -2.51. The molecule has 0 atom stereocenters. The van der Waals surface area contributed by atoms with Crippen LogP contribution in [0.4, 0.5) is 5.95 Å². The Bertz CT molecular complexity index is 903. The van der Waals surface area contributed by atoms with E-state index in [1.165, 1.54) is 11.1 Å². The first-order valence-corrected chi connectivity index (χ1v) is 10.3. The lowest BCUT2D eigenvalue weighted by molar-refractivity contribution is 0.122. The molecule has 0 radical (unpaired) electrons. The molecule has 3 aromatic rings. The van der Waals surface area contributed by atoms with Crippen molar-refractivity contribution in [2.75, 3.05) is 38.3 Å². The van der Waals surface area contributed by atoms with Gasteiger partial charge in [0.05, 0.1) is 26.0 Å². The molecule has 2 aromatic carbocycles. The van der Waals surface area contributed by atoms with E-state index >= 15 is 0 Å². The minimum atomic E-state index is 0.717. The van der Waals surface area contributed by atoms with E-state index in [1.807, 2.05) is 12.1 Å². The van der Waals surface area contributed by atoms with Gasteiger partial charge >= 0.3 is 0 Å². The van der Waals surface area contributed by atoms with Gasteiger partial charge in [-0.2, -0.15) is 0 Å². The third-order valence-corrected chi connectivity index (χ3v) is 5.73. The number of benzene rings is 2. The van der Waals surface area contributed by atoms with Gasteiger partial charge in [0.15, 0.2) is 5.16 Å². The van der Waals surface area contributed by atoms with Gasteiger partial charge in [-0.25, -0.2) is 0 Å². The summed E-state index contributed by atoms with van der Waals surface area (Å²) in [5, 5.41) is 9.92. The topological polar surface area (TPSA) is 52.4 Å². The van der Waals surface area contributed by atoms with Crippen molar-refractivity contribution in [3.05, 3.63) is 59.7 Å². The number of aromatic nitrogens is 3. The first-order chi connectivity index (χ1) is 13.7. The maximum absolute atomic E-state index is 5.50. The van der Waals surface area contributed by atoms with Gasteiger partial charge in [-0.3, -0.25) is 4.57 Å². The molecule has 0 aliphatic carbocycles. The Morgan fingerprint density at radius 2 is 1.71 bits per heavy atom. The second-order valence-corrected chi connectivity index (χ2v) is 7.63. The molecule has 1 fully saturated rings. The molecule has 1 saturated heterocycles. The van der Waals surface area contributed by atoms with Gasteiger partial charge in [0.2, 0.25) is 5.95 Å². The summed E-state index contributed by atoms with van der Waals surface area (Å²) in [5.41, 5.74) is 3.53. The molecule has 1 aromatic heterocycles. The number of methoxy groups -OCH3 is 1. The molecule has 146 valence electrons. The summed E-state index contributed by atoms with van der Waals surface area (Å²) in [6, 6.07) is 16.6. The fourth-order valence-corrected chi connectivity index (χ4v) is 4.02. The summed E-state index contributed by atoms with van der Waals surface area (Å²) in [5.74, 6) is 2.56. The third kappa shape index (κ3) is 4.15. The van der Waals surface area contributed by atoms with E-state index in [0.717, 1.165) is 54.6 Å². The fraction of sp³-hybridized carbons (Fsp3) is 0.333. The number of hydrogen-bond donors (Lipinski definition) is 0. The SMILES string of the molecule is COc1ccc(CSc2nnc(N3CCOCC3)n2-c2ccc(C)cc2)cc1. The van der Waals surface area contributed by atoms with Crippen molar-refractivity contribution in [3.63, 3.8) is 0 Å². The molecule has 0 N–H and O–H groups in total. The number of thioether (sulfide) groups is 1. The van der Waals surface area contributed by atoms with Crippen LogP contribution in [0.1, 0.15) is 11.1 Å². The Balaban J connectivity index is 1.61. The van der Waals surface area contributed by atoms with Crippen LogP contribution in [-0.2, 0) is 10.5 Å². The molecule has 28 heavy (non-hydrogen) atoms. The fourth-order valence-electron chi connectivity index (χ4n) is 3.11. The maximum atomic E-state index is 5.50. The average Bonchev–Trinajstić information content (AvgIpc) is 3.18. The molecular formula is C21H24N4O2S. The third-order valence-electron chi connectivity index (χ3n) is 4.73. The largest absolute Gasteiger partial charge is 0.497 e. The van der Waals surface area contributed by atoms with E-state index in [-0.39, 0.29) is 0 Å². The van der Waals surface area contributed by atoms with Crippen LogP contribution in [0, 0.1) is 6.92 Å². The minimum Gasteiger partial charge on any atom is -0.497 e. The van der Waals surface area contributed by atoms with Crippen molar-refractivity contribution in [1.82, 2.24) is 14.8 Å². The Kier molecular flexibility index (Phi) is 5.83. The van der Waals surface area contributed by atoms with E-state index in [9.17, 15) is 0 Å². The smallest absolute Gasteiger partial charge is 0.232 e. The van der Waals surface area contributed by atoms with Gasteiger partial charge in [-0.05, 0) is 36.8 Å². The highest BCUT2D eigenvalue weighted by Crippen LogP contribution is 2.29. The average molecular weight is 397 g/mol. The lowest BCUT2D eigenvalue weighted by atomic mass is 10.2. The number of ether oxygens (including phenoxy) is 2. The van der Waals surface area contributed by atoms with E-state index < -0.39 is 0 Å². The van der Waals surface area contributed by atoms with Crippen LogP contribution in [-0.4, -0.2) is 48.2 Å². The quantitative estimate of drug-likeness (QED) is 0.592.